The van der Waals surface area contributed by atoms with Crippen LogP contribution < -0.4 is 39.0 Å². The number of esters is 6. The molecule has 0 aromatic heterocycles. The first kappa shape index (κ1) is 62.9. The van der Waals surface area contributed by atoms with Crippen LogP contribution in [0.4, 0.5) is 0 Å². The molecule has 0 heterocycles. The van der Waals surface area contributed by atoms with E-state index in [2.05, 4.69) is 57.7 Å². The summed E-state index contributed by atoms with van der Waals surface area (Å²) in [6.45, 7) is 21.2. The van der Waals surface area contributed by atoms with Crippen LogP contribution in [0.15, 0.2) is 269 Å². The van der Waals surface area contributed by atoms with Crippen LogP contribution in [-0.2, 0) is 28.8 Å². The third kappa shape index (κ3) is 20.3. The number of hydrogen-bond acceptors (Lipinski definition) is 18. The number of carbonyl (C=O) groups is 6. The standard InChI is InChI=1S/6C9H8O2S.C6H3.3Sb/c6*1-2-9(10)11-7-3-5-8(12)6-4-7;1-2-4-6-5-3-1;;;/h6*2-6,12H,1H2;1,4-5H;;;/q;;;;;;;3*+2/p-6. The molecule has 0 fully saturated rings. The molecule has 81 heavy (non-hydrogen) atoms. The molecule has 0 saturated heterocycles. The molecule has 7 aromatic carbocycles. The van der Waals surface area contributed by atoms with Gasteiger partial charge in [0, 0.05) is 0 Å². The zero-order chi connectivity index (χ0) is 57.7. The molecule has 0 spiro atoms. The molecule has 0 aliphatic carbocycles. The van der Waals surface area contributed by atoms with Crippen molar-refractivity contribution in [2.24, 2.45) is 0 Å². The second-order valence-electron chi connectivity index (χ2n) is 15.6. The van der Waals surface area contributed by atoms with Gasteiger partial charge >= 0.3 is 512 Å². The van der Waals surface area contributed by atoms with Crippen LogP contribution in [-0.4, -0.2) is 88.0 Å². The first-order chi connectivity index (χ1) is 39.2. The average Bonchev–Trinajstić information content (AvgIpc) is 3.50. The van der Waals surface area contributed by atoms with Gasteiger partial charge in [-0.3, -0.25) is 0 Å². The maximum atomic E-state index is 12.2. The van der Waals surface area contributed by atoms with E-state index in [4.69, 9.17) is 28.4 Å². The third-order valence-corrected chi connectivity index (χ3v) is 56.5. The minimum atomic E-state index is -2.99. The summed E-state index contributed by atoms with van der Waals surface area (Å²) in [5, 5.41) is 0. The Kier molecular flexibility index (Phi) is 25.1. The number of hydrogen-bond donors (Lipinski definition) is 0. The van der Waals surface area contributed by atoms with Crippen LogP contribution >= 0.6 is 53.1 Å². The molecule has 0 atom stereocenters. The Labute approximate surface area is 506 Å². The molecular weight excluding hydrogens is 1470 g/mol. The van der Waals surface area contributed by atoms with Gasteiger partial charge in [0.1, 0.15) is 0 Å². The van der Waals surface area contributed by atoms with E-state index in [0.29, 0.717) is 34.5 Å². The van der Waals surface area contributed by atoms with Crippen molar-refractivity contribution in [2.75, 3.05) is 0 Å². The molecule has 0 saturated carbocycles. The van der Waals surface area contributed by atoms with Crippen LogP contribution in [0.5, 0.6) is 34.5 Å². The van der Waals surface area contributed by atoms with E-state index in [0.717, 1.165) is 65.8 Å². The summed E-state index contributed by atoms with van der Waals surface area (Å²) in [4.78, 5) is 78.8. The molecule has 7 aromatic rings. The Hall–Kier alpha value is -5.65. The van der Waals surface area contributed by atoms with Crippen molar-refractivity contribution in [3.63, 3.8) is 0 Å². The third-order valence-electron chi connectivity index (χ3n) is 9.90. The zero-order valence-corrected chi connectivity index (χ0v) is 55.0. The maximum absolute atomic E-state index is 12.2. The predicted molar refractivity (Wildman–Crippen MR) is 331 cm³/mol. The molecule has 7 rings (SSSR count). The van der Waals surface area contributed by atoms with Crippen LogP contribution in [0.25, 0.3) is 0 Å². The topological polar surface area (TPSA) is 158 Å². The Morgan fingerprint density at radius 1 is 0.259 bits per heavy atom. The normalized spacial score (nSPS) is 10.7. The average molecular weight is 1520 g/mol. The second-order valence-corrected chi connectivity index (χ2v) is 57.1. The molecule has 408 valence electrons. The van der Waals surface area contributed by atoms with Gasteiger partial charge in [-0.05, 0) is 0 Å². The molecule has 12 nitrogen and oxygen atoms in total. The van der Waals surface area contributed by atoms with Crippen molar-refractivity contribution >= 4 is 152 Å². The molecule has 0 aliphatic rings. The van der Waals surface area contributed by atoms with Gasteiger partial charge in [-0.1, -0.05) is 0 Å². The number of ether oxygens (including phenoxy) is 6. The molecule has 0 unspecified atom stereocenters. The van der Waals surface area contributed by atoms with Gasteiger partial charge in [0.15, 0.2) is 0 Å². The van der Waals surface area contributed by atoms with Gasteiger partial charge in [0.25, 0.3) is 0 Å². The molecule has 21 heteroatoms. The molecular formula is C60H45O12S6Sb3. The second kappa shape index (κ2) is 32.3. The molecule has 0 N–H and O–H groups in total. The van der Waals surface area contributed by atoms with Crippen molar-refractivity contribution in [3.05, 3.63) is 240 Å². The summed E-state index contributed by atoms with van der Waals surface area (Å²) in [6.07, 6.45) is 6.66. The summed E-state index contributed by atoms with van der Waals surface area (Å²) in [6, 6.07) is 51.4. The summed E-state index contributed by atoms with van der Waals surface area (Å²) >= 11 is -8.96. The SMILES string of the molecule is C=CC(=O)Oc1ccc([S][Sb]([S]c2ccc(OC(=O)C=C)cc2)[c]2c[c]([Sb]([S]c3ccc(OC(=O)C=C)cc3)[S]c3ccc(OC(=O)C=C)cc3)c[c]([Sb]([S]c3ccc(OC(=O)C=C)cc3)[S]c3ccc(OC(=O)C=C)cc3)c2)cc1. The molecule has 0 bridgehead atoms. The van der Waals surface area contributed by atoms with E-state index in [-0.39, 0.29) is 0 Å². The van der Waals surface area contributed by atoms with Crippen LogP contribution in [0, 0.1) is 0 Å². The monoisotopic (exact) mass is 1510 g/mol. The van der Waals surface area contributed by atoms with Gasteiger partial charge in [-0.25, -0.2) is 0 Å². The van der Waals surface area contributed by atoms with Gasteiger partial charge in [0.2, 0.25) is 0 Å². The van der Waals surface area contributed by atoms with E-state index >= 15 is 0 Å². The van der Waals surface area contributed by atoms with E-state index in [1.165, 1.54) is 10.5 Å². The number of rotatable bonds is 27. The summed E-state index contributed by atoms with van der Waals surface area (Å²) < 4.78 is 36.2. The first-order valence-corrected chi connectivity index (χ1v) is 50.7. The molecule has 0 aliphatic heterocycles. The van der Waals surface area contributed by atoms with E-state index in [9.17, 15) is 28.8 Å². The molecule has 0 amide bonds. The van der Waals surface area contributed by atoms with E-state index < -0.39 is 88.0 Å². The predicted octanol–water partition coefficient (Wildman–Crippen LogP) is 12.1. The van der Waals surface area contributed by atoms with E-state index in [1.54, 1.807) is 126 Å². The van der Waals surface area contributed by atoms with Gasteiger partial charge < -0.3 is 0 Å². The Morgan fingerprint density at radius 3 is 0.519 bits per heavy atom. The van der Waals surface area contributed by atoms with Crippen LogP contribution in [0.1, 0.15) is 0 Å². The van der Waals surface area contributed by atoms with Crippen molar-refractivity contribution in [2.45, 2.75) is 29.4 Å². The fourth-order valence-electron chi connectivity index (χ4n) is 6.20. The summed E-state index contributed by atoms with van der Waals surface area (Å²) in [7, 11) is 10.7. The van der Waals surface area contributed by atoms with Crippen molar-refractivity contribution in [1.29, 1.82) is 0 Å². The Bertz CT molecular complexity index is 2880. The van der Waals surface area contributed by atoms with Crippen LogP contribution in [0.2, 0.25) is 0 Å². The zero-order valence-electron chi connectivity index (χ0n) is 42.5. The van der Waals surface area contributed by atoms with E-state index in [1.807, 2.05) is 72.8 Å². The molecule has 0 radical (unpaired) electrons. The fraction of sp³-hybridized carbons (Fsp3) is 0. The van der Waals surface area contributed by atoms with Crippen molar-refractivity contribution < 1.29 is 57.2 Å². The fourth-order valence-corrected chi connectivity index (χ4v) is 55.9. The van der Waals surface area contributed by atoms with Crippen molar-refractivity contribution in [3.8, 4) is 34.5 Å². The van der Waals surface area contributed by atoms with Crippen molar-refractivity contribution in [1.82, 2.24) is 0 Å². The number of benzene rings is 7. The van der Waals surface area contributed by atoms with Gasteiger partial charge in [-0.15, -0.1) is 0 Å². The number of carbonyl (C=O) groups excluding carboxylic acids is 6. The van der Waals surface area contributed by atoms with Gasteiger partial charge in [-0.2, -0.15) is 0 Å². The quantitative estimate of drug-likeness (QED) is 0.0207. The summed E-state index contributed by atoms with van der Waals surface area (Å²) in [5.41, 5.74) is 0. The van der Waals surface area contributed by atoms with Crippen LogP contribution in [0.3, 0.4) is 0 Å². The Morgan fingerprint density at radius 2 is 0.395 bits per heavy atom. The van der Waals surface area contributed by atoms with Gasteiger partial charge in [0.05, 0.1) is 0 Å². The summed E-state index contributed by atoms with van der Waals surface area (Å²) in [5.74, 6) is -1.17. The minimum absolute atomic E-state index is 0.376. The first-order valence-electron chi connectivity index (χ1n) is 23.5. The Balaban J connectivity index is 1.42.